The Morgan fingerprint density at radius 1 is 1.36 bits per heavy atom. The summed E-state index contributed by atoms with van der Waals surface area (Å²) in [4.78, 5) is 24.7. The molecule has 0 spiro atoms. The Hall–Kier alpha value is -2.58. The molecule has 0 radical (unpaired) electrons. The molecule has 3 aromatic rings. The molecule has 0 atom stereocenters. The van der Waals surface area contributed by atoms with Crippen molar-refractivity contribution in [2.75, 3.05) is 13.1 Å². The summed E-state index contributed by atoms with van der Waals surface area (Å²) in [5.41, 5.74) is 4.39. The van der Waals surface area contributed by atoms with E-state index in [4.69, 9.17) is 0 Å². The molecule has 1 amide bonds. The number of thiophene rings is 1. The first-order chi connectivity index (χ1) is 13.7. The van der Waals surface area contributed by atoms with Crippen LogP contribution in [0.3, 0.4) is 0 Å². The lowest BCUT2D eigenvalue weighted by atomic mass is 10.0. The molecule has 0 bridgehead atoms. The lowest BCUT2D eigenvalue weighted by molar-refractivity contribution is 0.0950. The van der Waals surface area contributed by atoms with Crippen LogP contribution in [0.25, 0.3) is 0 Å². The molecule has 0 aromatic carbocycles. The van der Waals surface area contributed by atoms with Gasteiger partial charge in [0.25, 0.3) is 5.91 Å². The molecule has 0 saturated carbocycles. The Labute approximate surface area is 168 Å². The molecule has 1 aliphatic heterocycles. The molecule has 3 aromatic heterocycles. The van der Waals surface area contributed by atoms with Crippen molar-refractivity contribution >= 4 is 17.2 Å². The molecule has 0 saturated heterocycles. The number of amides is 1. The van der Waals surface area contributed by atoms with Crippen LogP contribution in [0.1, 0.15) is 39.0 Å². The van der Waals surface area contributed by atoms with Gasteiger partial charge in [0.1, 0.15) is 12.7 Å². The Bertz CT molecular complexity index is 919. The number of nitrogens with zero attached hydrogens (tertiary/aromatic N) is 5. The maximum Gasteiger partial charge on any atom is 0.252 e. The monoisotopic (exact) mass is 396 g/mol. The van der Waals surface area contributed by atoms with Crippen LogP contribution >= 0.6 is 11.3 Å². The molecule has 7 nitrogen and oxygen atoms in total. The number of carbonyl (C=O) groups excluding carboxylic acids is 1. The number of rotatable bonds is 7. The van der Waals surface area contributed by atoms with Crippen LogP contribution in [0.2, 0.25) is 0 Å². The van der Waals surface area contributed by atoms with Gasteiger partial charge in [0.15, 0.2) is 0 Å². The highest BCUT2D eigenvalue weighted by Crippen LogP contribution is 2.29. The zero-order valence-electron chi connectivity index (χ0n) is 16.0. The van der Waals surface area contributed by atoms with Crippen molar-refractivity contribution in [2.24, 2.45) is 0 Å². The van der Waals surface area contributed by atoms with Gasteiger partial charge in [-0.2, -0.15) is 5.10 Å². The van der Waals surface area contributed by atoms with Gasteiger partial charge in [-0.25, -0.2) is 4.98 Å². The Morgan fingerprint density at radius 2 is 2.29 bits per heavy atom. The third-order valence-corrected chi connectivity index (χ3v) is 6.06. The van der Waals surface area contributed by atoms with Crippen molar-refractivity contribution in [3.8, 4) is 0 Å². The van der Waals surface area contributed by atoms with E-state index < -0.39 is 0 Å². The maximum absolute atomic E-state index is 12.6. The van der Waals surface area contributed by atoms with E-state index in [2.05, 4.69) is 44.3 Å². The van der Waals surface area contributed by atoms with Crippen LogP contribution in [-0.4, -0.2) is 43.6 Å². The summed E-state index contributed by atoms with van der Waals surface area (Å²) in [5.74, 6) is 0.00267. The second-order valence-electron chi connectivity index (χ2n) is 6.94. The van der Waals surface area contributed by atoms with Gasteiger partial charge in [0.2, 0.25) is 0 Å². The molecule has 4 rings (SSSR count). The lowest BCUT2D eigenvalue weighted by Gasteiger charge is -2.27. The molecule has 1 aliphatic rings. The Kier molecular flexibility index (Phi) is 5.78. The molecular formula is C20H24N6OS. The van der Waals surface area contributed by atoms with Crippen molar-refractivity contribution in [1.82, 2.24) is 30.0 Å². The van der Waals surface area contributed by atoms with Gasteiger partial charge >= 0.3 is 0 Å². The van der Waals surface area contributed by atoms with E-state index in [-0.39, 0.29) is 5.91 Å². The predicted octanol–water partition coefficient (Wildman–Crippen LogP) is 2.29. The smallest absolute Gasteiger partial charge is 0.252 e. The van der Waals surface area contributed by atoms with Crippen molar-refractivity contribution < 1.29 is 4.79 Å². The molecule has 146 valence electrons. The van der Waals surface area contributed by atoms with Crippen LogP contribution in [-0.2, 0) is 32.5 Å². The molecule has 8 heteroatoms. The summed E-state index contributed by atoms with van der Waals surface area (Å²) in [6.07, 6.45) is 7.03. The number of hydrogen-bond donors (Lipinski definition) is 1. The Balaban J connectivity index is 1.33. The summed E-state index contributed by atoms with van der Waals surface area (Å²) in [6.45, 7) is 5.97. The minimum atomic E-state index is 0.00267. The number of aromatic nitrogens is 4. The van der Waals surface area contributed by atoms with E-state index in [0.29, 0.717) is 13.1 Å². The van der Waals surface area contributed by atoms with Gasteiger partial charge in [-0.15, -0.1) is 11.3 Å². The number of fused-ring (bicyclic) bond motifs is 1. The summed E-state index contributed by atoms with van der Waals surface area (Å²) in [6, 6.07) is 4.28. The fraction of sp³-hybridized carbons (Fsp3) is 0.400. The lowest BCUT2D eigenvalue weighted by Crippen LogP contribution is -2.32. The standard InChI is InChI=1S/C20H24N6OS/c1-2-15-3-4-16(23-9-15)10-25-7-5-17-18(12-28-19(17)11-25)20(27)22-6-8-26-14-21-13-24-26/h3-4,9,12-14H,2,5-8,10-11H2,1H3,(H,22,27). The second-order valence-corrected chi connectivity index (χ2v) is 7.90. The maximum atomic E-state index is 12.6. The first-order valence-corrected chi connectivity index (χ1v) is 10.5. The third kappa shape index (κ3) is 4.28. The average Bonchev–Trinajstić information content (AvgIpc) is 3.38. The first kappa shape index (κ1) is 18.8. The van der Waals surface area contributed by atoms with E-state index in [1.54, 1.807) is 22.3 Å². The zero-order chi connectivity index (χ0) is 19.3. The summed E-state index contributed by atoms with van der Waals surface area (Å²) < 4.78 is 1.71. The topological polar surface area (TPSA) is 75.9 Å². The number of hydrogen-bond acceptors (Lipinski definition) is 6. The molecular weight excluding hydrogens is 372 g/mol. The number of aryl methyl sites for hydroxylation is 1. The molecule has 0 fully saturated rings. The van der Waals surface area contributed by atoms with Gasteiger partial charge in [0, 0.05) is 42.6 Å². The van der Waals surface area contributed by atoms with Crippen LogP contribution < -0.4 is 5.32 Å². The fourth-order valence-corrected chi connectivity index (χ4v) is 4.54. The van der Waals surface area contributed by atoms with Crippen molar-refractivity contribution in [3.63, 3.8) is 0 Å². The molecule has 0 unspecified atom stereocenters. The number of carbonyl (C=O) groups is 1. The third-order valence-electron chi connectivity index (χ3n) is 5.04. The molecule has 28 heavy (non-hydrogen) atoms. The normalized spacial score (nSPS) is 14.0. The highest BCUT2D eigenvalue weighted by molar-refractivity contribution is 7.10. The van der Waals surface area contributed by atoms with Gasteiger partial charge < -0.3 is 5.32 Å². The van der Waals surface area contributed by atoms with E-state index >= 15 is 0 Å². The van der Waals surface area contributed by atoms with E-state index in [0.717, 1.165) is 43.7 Å². The van der Waals surface area contributed by atoms with Crippen LogP contribution in [0.15, 0.2) is 36.4 Å². The van der Waals surface area contributed by atoms with Crippen molar-refractivity contribution in [1.29, 1.82) is 0 Å². The van der Waals surface area contributed by atoms with Crippen molar-refractivity contribution in [3.05, 3.63) is 63.6 Å². The predicted molar refractivity (Wildman–Crippen MR) is 108 cm³/mol. The van der Waals surface area contributed by atoms with Crippen LogP contribution in [0.5, 0.6) is 0 Å². The second kappa shape index (κ2) is 8.62. The van der Waals surface area contributed by atoms with E-state index in [9.17, 15) is 4.79 Å². The fourth-order valence-electron chi connectivity index (χ4n) is 3.42. The minimum Gasteiger partial charge on any atom is -0.350 e. The SMILES string of the molecule is CCc1ccc(CN2CCc3c(C(=O)NCCn4cncn4)csc3C2)nc1. The highest BCUT2D eigenvalue weighted by Gasteiger charge is 2.24. The van der Waals surface area contributed by atoms with Crippen LogP contribution in [0, 0.1) is 0 Å². The average molecular weight is 397 g/mol. The Morgan fingerprint density at radius 3 is 3.04 bits per heavy atom. The van der Waals surface area contributed by atoms with Gasteiger partial charge in [-0.3, -0.25) is 19.4 Å². The van der Waals surface area contributed by atoms with Crippen LogP contribution in [0.4, 0.5) is 0 Å². The van der Waals surface area contributed by atoms with Gasteiger partial charge in [0.05, 0.1) is 17.8 Å². The summed E-state index contributed by atoms with van der Waals surface area (Å²) in [7, 11) is 0. The molecule has 0 aliphatic carbocycles. The largest absolute Gasteiger partial charge is 0.350 e. The molecule has 4 heterocycles. The van der Waals surface area contributed by atoms with Crippen molar-refractivity contribution in [2.45, 2.75) is 39.4 Å². The molecule has 1 N–H and O–H groups in total. The quantitative estimate of drug-likeness (QED) is 0.663. The zero-order valence-corrected chi connectivity index (χ0v) is 16.8. The van der Waals surface area contributed by atoms with E-state index in [1.807, 2.05) is 11.6 Å². The summed E-state index contributed by atoms with van der Waals surface area (Å²) >= 11 is 1.68. The van der Waals surface area contributed by atoms with E-state index in [1.165, 1.54) is 22.3 Å². The summed E-state index contributed by atoms with van der Waals surface area (Å²) in [5, 5.41) is 9.03. The van der Waals surface area contributed by atoms with Gasteiger partial charge in [-0.1, -0.05) is 13.0 Å². The number of nitrogens with one attached hydrogen (secondary N) is 1. The first-order valence-electron chi connectivity index (χ1n) is 9.59. The highest BCUT2D eigenvalue weighted by atomic mass is 32.1. The number of pyridine rings is 1. The van der Waals surface area contributed by atoms with Gasteiger partial charge in [-0.05, 0) is 30.0 Å². The minimum absolute atomic E-state index is 0.00267.